The Morgan fingerprint density at radius 3 is 2.50 bits per heavy atom. The van der Waals surface area contributed by atoms with Gasteiger partial charge < -0.3 is 16.2 Å². The molecule has 0 bridgehead atoms. The lowest BCUT2D eigenvalue weighted by Gasteiger charge is -2.07. The molecule has 0 spiro atoms. The van der Waals surface area contributed by atoms with E-state index in [0.29, 0.717) is 14.7 Å². The van der Waals surface area contributed by atoms with Crippen molar-refractivity contribution in [1.29, 1.82) is 0 Å². The molecule has 0 radical (unpaired) electrons. The van der Waals surface area contributed by atoms with Gasteiger partial charge in [0.2, 0.25) is 0 Å². The Bertz CT molecular complexity index is 643. The quantitative estimate of drug-likeness (QED) is 0.842. The van der Waals surface area contributed by atoms with Gasteiger partial charge in [-0.25, -0.2) is 0 Å². The molecule has 4 N–H and O–H groups in total. The number of primary amides is 1. The Kier molecular flexibility index (Phi) is 3.35. The third-order valence-electron chi connectivity index (χ3n) is 2.40. The van der Waals surface area contributed by atoms with E-state index >= 15 is 0 Å². The SMILES string of the molecule is COc1ccc(-n2c(C(N)=O)c(N)sc2=S)cc1. The number of nitrogens with zero attached hydrogens (tertiary/aromatic N) is 1. The van der Waals surface area contributed by atoms with Crippen LogP contribution < -0.4 is 16.2 Å². The van der Waals surface area contributed by atoms with E-state index in [4.69, 9.17) is 28.4 Å². The number of benzene rings is 1. The molecule has 1 aromatic carbocycles. The smallest absolute Gasteiger partial charge is 0.268 e. The summed E-state index contributed by atoms with van der Waals surface area (Å²) >= 11 is 6.34. The van der Waals surface area contributed by atoms with Crippen molar-refractivity contribution in [2.24, 2.45) is 5.73 Å². The molecule has 18 heavy (non-hydrogen) atoms. The molecule has 5 nitrogen and oxygen atoms in total. The average molecular weight is 281 g/mol. The van der Waals surface area contributed by atoms with Crippen LogP contribution in [0.25, 0.3) is 5.69 Å². The van der Waals surface area contributed by atoms with Crippen molar-refractivity contribution in [2.45, 2.75) is 0 Å². The van der Waals surface area contributed by atoms with Crippen LogP contribution in [-0.4, -0.2) is 17.6 Å². The molecule has 0 fully saturated rings. The molecule has 0 unspecified atom stereocenters. The van der Waals surface area contributed by atoms with Gasteiger partial charge in [0.1, 0.15) is 16.4 Å². The lowest BCUT2D eigenvalue weighted by Crippen LogP contribution is -2.17. The highest BCUT2D eigenvalue weighted by Crippen LogP contribution is 2.26. The van der Waals surface area contributed by atoms with Gasteiger partial charge >= 0.3 is 0 Å². The number of thiazole rings is 1. The second-order valence-corrected chi connectivity index (χ2v) is 5.15. The van der Waals surface area contributed by atoms with E-state index in [0.717, 1.165) is 17.0 Å². The topological polar surface area (TPSA) is 83.3 Å². The van der Waals surface area contributed by atoms with E-state index < -0.39 is 5.91 Å². The van der Waals surface area contributed by atoms with E-state index in [1.807, 2.05) is 0 Å². The molecule has 2 rings (SSSR count). The predicted molar refractivity (Wildman–Crippen MR) is 74.0 cm³/mol. The molecular formula is C11H11N3O2S2. The summed E-state index contributed by atoms with van der Waals surface area (Å²) in [5.74, 6) is 0.116. The van der Waals surface area contributed by atoms with Crippen molar-refractivity contribution in [3.05, 3.63) is 33.9 Å². The van der Waals surface area contributed by atoms with E-state index in [2.05, 4.69) is 0 Å². The molecule has 2 aromatic rings. The van der Waals surface area contributed by atoms with Gasteiger partial charge in [0.15, 0.2) is 3.95 Å². The predicted octanol–water partition coefficient (Wildman–Crippen LogP) is 1.96. The number of amides is 1. The monoisotopic (exact) mass is 281 g/mol. The van der Waals surface area contributed by atoms with Crippen molar-refractivity contribution in [1.82, 2.24) is 4.57 Å². The minimum absolute atomic E-state index is 0.218. The number of carbonyl (C=O) groups is 1. The summed E-state index contributed by atoms with van der Waals surface area (Å²) in [5, 5.41) is 0.323. The Balaban J connectivity index is 2.62. The van der Waals surface area contributed by atoms with Crippen LogP contribution >= 0.6 is 23.6 Å². The first-order chi connectivity index (χ1) is 8.54. The lowest BCUT2D eigenvalue weighted by atomic mass is 10.3. The second-order valence-electron chi connectivity index (χ2n) is 3.48. The van der Waals surface area contributed by atoms with E-state index in [9.17, 15) is 4.79 Å². The molecule has 0 aliphatic rings. The maximum absolute atomic E-state index is 11.4. The first-order valence-electron chi connectivity index (χ1n) is 5.00. The van der Waals surface area contributed by atoms with Crippen LogP contribution in [0.4, 0.5) is 5.00 Å². The molecule has 0 aliphatic heterocycles. The highest BCUT2D eigenvalue weighted by atomic mass is 32.1. The van der Waals surface area contributed by atoms with Crippen LogP contribution in [0.1, 0.15) is 10.5 Å². The summed E-state index contributed by atoms with van der Waals surface area (Å²) in [6.07, 6.45) is 0. The summed E-state index contributed by atoms with van der Waals surface area (Å²) < 4.78 is 7.11. The standard InChI is InChI=1S/C11H11N3O2S2/c1-16-7-4-2-6(3-5-7)14-8(9(12)15)10(13)18-11(14)17/h2-5H,13H2,1H3,(H2,12,15). The zero-order chi connectivity index (χ0) is 13.3. The van der Waals surface area contributed by atoms with Gasteiger partial charge in [0.05, 0.1) is 7.11 Å². The van der Waals surface area contributed by atoms with E-state index in [1.54, 1.807) is 35.9 Å². The molecule has 1 amide bonds. The number of carbonyl (C=O) groups excluding carboxylic acids is 1. The van der Waals surface area contributed by atoms with Crippen LogP contribution in [0.5, 0.6) is 5.75 Å². The number of rotatable bonds is 3. The molecule has 1 heterocycles. The Morgan fingerprint density at radius 1 is 1.39 bits per heavy atom. The van der Waals surface area contributed by atoms with Crippen molar-refractivity contribution < 1.29 is 9.53 Å². The first kappa shape index (κ1) is 12.6. The van der Waals surface area contributed by atoms with Gasteiger partial charge in [-0.2, -0.15) is 0 Å². The molecule has 1 aromatic heterocycles. The van der Waals surface area contributed by atoms with E-state index in [1.165, 1.54) is 0 Å². The highest BCUT2D eigenvalue weighted by molar-refractivity contribution is 7.73. The van der Waals surface area contributed by atoms with Gasteiger partial charge in [-0.05, 0) is 36.5 Å². The zero-order valence-corrected chi connectivity index (χ0v) is 11.2. The molecule has 94 valence electrons. The number of anilines is 1. The molecule has 7 heteroatoms. The number of aromatic nitrogens is 1. The maximum atomic E-state index is 11.4. The van der Waals surface area contributed by atoms with Gasteiger partial charge in [-0.3, -0.25) is 9.36 Å². The van der Waals surface area contributed by atoms with Crippen LogP contribution in [0.15, 0.2) is 24.3 Å². The van der Waals surface area contributed by atoms with Gasteiger partial charge in [-0.1, -0.05) is 11.3 Å². The summed E-state index contributed by atoms with van der Waals surface area (Å²) in [4.78, 5) is 11.4. The van der Waals surface area contributed by atoms with Gasteiger partial charge in [0.25, 0.3) is 5.91 Å². The third-order valence-corrected chi connectivity index (χ3v) is 3.60. The van der Waals surface area contributed by atoms with Crippen molar-refractivity contribution in [3.8, 4) is 11.4 Å². The molecule has 0 saturated heterocycles. The number of hydrogen-bond donors (Lipinski definition) is 2. The number of ether oxygens (including phenoxy) is 1. The first-order valence-corrected chi connectivity index (χ1v) is 6.22. The number of methoxy groups -OCH3 is 1. The number of hydrogen-bond acceptors (Lipinski definition) is 5. The largest absolute Gasteiger partial charge is 0.497 e. The summed E-state index contributed by atoms with van der Waals surface area (Å²) in [6.45, 7) is 0. The lowest BCUT2D eigenvalue weighted by molar-refractivity contribution is 0.0994. The Morgan fingerprint density at radius 2 is 2.00 bits per heavy atom. The van der Waals surface area contributed by atoms with Crippen LogP contribution in [-0.2, 0) is 0 Å². The normalized spacial score (nSPS) is 10.3. The number of nitrogens with two attached hydrogens (primary N) is 2. The Labute approximate surface area is 113 Å². The number of nitrogen functional groups attached to an aromatic ring is 1. The summed E-state index contributed by atoms with van der Waals surface area (Å²) in [6, 6.07) is 7.12. The highest BCUT2D eigenvalue weighted by Gasteiger charge is 2.16. The fourth-order valence-electron chi connectivity index (χ4n) is 1.59. The van der Waals surface area contributed by atoms with Crippen molar-refractivity contribution in [3.63, 3.8) is 0 Å². The Hall–Kier alpha value is -1.86. The fourth-order valence-corrected chi connectivity index (χ4v) is 2.82. The minimum Gasteiger partial charge on any atom is -0.497 e. The van der Waals surface area contributed by atoms with Crippen molar-refractivity contribution in [2.75, 3.05) is 12.8 Å². The molecular weight excluding hydrogens is 270 g/mol. The zero-order valence-electron chi connectivity index (χ0n) is 9.54. The molecule has 0 atom stereocenters. The van der Waals surface area contributed by atoms with Gasteiger partial charge in [0, 0.05) is 5.69 Å². The van der Waals surface area contributed by atoms with Crippen molar-refractivity contribution >= 4 is 34.5 Å². The van der Waals surface area contributed by atoms with Crippen LogP contribution in [0.2, 0.25) is 0 Å². The third kappa shape index (κ3) is 2.09. The maximum Gasteiger partial charge on any atom is 0.268 e. The molecule has 0 saturated carbocycles. The minimum atomic E-state index is -0.601. The molecule has 0 aliphatic carbocycles. The summed E-state index contributed by atoms with van der Waals surface area (Å²) in [7, 11) is 1.58. The second kappa shape index (κ2) is 4.79. The van der Waals surface area contributed by atoms with Crippen LogP contribution in [0.3, 0.4) is 0 Å². The van der Waals surface area contributed by atoms with E-state index in [-0.39, 0.29) is 5.69 Å². The average Bonchev–Trinajstić information content (AvgIpc) is 2.64. The fraction of sp³-hybridized carbons (Fsp3) is 0.0909. The van der Waals surface area contributed by atoms with Gasteiger partial charge in [-0.15, -0.1) is 0 Å². The summed E-state index contributed by atoms with van der Waals surface area (Å²) in [5.41, 5.74) is 12.0. The van der Waals surface area contributed by atoms with Crippen LogP contribution in [0, 0.1) is 3.95 Å².